The fourth-order valence-electron chi connectivity index (χ4n) is 3.36. The third-order valence-corrected chi connectivity index (χ3v) is 4.88. The predicted molar refractivity (Wildman–Crippen MR) is 82.0 cm³/mol. The lowest BCUT2D eigenvalue weighted by molar-refractivity contribution is -0.0317. The molecular weight excluding hydrogens is 272 g/mol. The molecule has 1 aliphatic carbocycles. The number of fused-ring (bicyclic) bond motifs is 1. The topological polar surface area (TPSA) is 33.4 Å². The maximum atomic E-state index is 10.9. The molecule has 0 aliphatic heterocycles. The molecule has 108 valence electrons. The van der Waals surface area contributed by atoms with Gasteiger partial charge in [-0.25, -0.2) is 0 Å². The van der Waals surface area contributed by atoms with Crippen LogP contribution in [-0.2, 0) is 5.60 Å². The normalized spacial score (nSPS) is 27.1. The average molecular weight is 293 g/mol. The van der Waals surface area contributed by atoms with Crippen LogP contribution < -0.4 is 0 Å². The molecule has 1 saturated carbocycles. The quantitative estimate of drug-likeness (QED) is 0.836. The minimum atomic E-state index is -0.813. The van der Waals surface area contributed by atoms with Gasteiger partial charge >= 0.3 is 0 Å². The summed E-state index contributed by atoms with van der Waals surface area (Å²) >= 11 is 6.14. The Hall–Kier alpha value is -0.990. The summed E-state index contributed by atoms with van der Waals surface area (Å²) < 4.78 is 5.85. The Morgan fingerprint density at radius 3 is 2.75 bits per heavy atom. The van der Waals surface area contributed by atoms with E-state index in [2.05, 4.69) is 6.92 Å². The first-order valence-corrected chi connectivity index (χ1v) is 7.91. The second-order valence-corrected chi connectivity index (χ2v) is 6.44. The van der Waals surface area contributed by atoms with Gasteiger partial charge in [-0.15, -0.1) is 0 Å². The minimum Gasteiger partial charge on any atom is -0.456 e. The van der Waals surface area contributed by atoms with Crippen LogP contribution in [0, 0.1) is 5.92 Å². The standard InChI is InChI=1S/C17H21ClO2/c1-2-4-12-7-9-17(19,10-8-12)15-11-13-5-3-6-14(18)16(13)20-15/h3,5-6,11-12,19H,2,4,7-10H2,1H3. The van der Waals surface area contributed by atoms with E-state index in [0.29, 0.717) is 16.4 Å². The fraction of sp³-hybridized carbons (Fsp3) is 0.529. The van der Waals surface area contributed by atoms with Crippen molar-refractivity contribution in [3.8, 4) is 0 Å². The predicted octanol–water partition coefficient (Wildman–Crippen LogP) is 5.26. The highest BCUT2D eigenvalue weighted by Crippen LogP contribution is 2.43. The summed E-state index contributed by atoms with van der Waals surface area (Å²) in [5, 5.41) is 12.5. The van der Waals surface area contributed by atoms with Gasteiger partial charge in [-0.3, -0.25) is 0 Å². The molecule has 20 heavy (non-hydrogen) atoms. The van der Waals surface area contributed by atoms with Gasteiger partial charge in [-0.2, -0.15) is 0 Å². The van der Waals surface area contributed by atoms with E-state index >= 15 is 0 Å². The third-order valence-electron chi connectivity index (χ3n) is 4.58. The molecule has 1 fully saturated rings. The molecule has 0 bridgehead atoms. The summed E-state index contributed by atoms with van der Waals surface area (Å²) in [7, 11) is 0. The van der Waals surface area contributed by atoms with E-state index in [1.54, 1.807) is 0 Å². The van der Waals surface area contributed by atoms with Gasteiger partial charge in [0.05, 0.1) is 5.02 Å². The third kappa shape index (κ3) is 2.47. The SMILES string of the molecule is CCCC1CCC(O)(c2cc3cccc(Cl)c3o2)CC1. The molecule has 2 aromatic rings. The Kier molecular flexibility index (Phi) is 3.78. The molecular formula is C17H21ClO2. The first kappa shape index (κ1) is 14.0. The minimum absolute atomic E-state index is 0.608. The molecule has 0 unspecified atom stereocenters. The average Bonchev–Trinajstić information content (AvgIpc) is 2.88. The molecule has 3 heteroatoms. The smallest absolute Gasteiger partial charge is 0.153 e. The summed E-state index contributed by atoms with van der Waals surface area (Å²) in [6.45, 7) is 2.22. The van der Waals surface area contributed by atoms with E-state index in [1.807, 2.05) is 24.3 Å². The number of para-hydroxylation sites is 1. The van der Waals surface area contributed by atoms with Crippen molar-refractivity contribution in [1.29, 1.82) is 0 Å². The number of halogens is 1. The lowest BCUT2D eigenvalue weighted by Gasteiger charge is -2.34. The summed E-state index contributed by atoms with van der Waals surface area (Å²) in [6, 6.07) is 7.65. The van der Waals surface area contributed by atoms with E-state index in [4.69, 9.17) is 16.0 Å². The monoisotopic (exact) mass is 292 g/mol. The van der Waals surface area contributed by atoms with Crippen LogP contribution in [-0.4, -0.2) is 5.11 Å². The Labute approximate surface area is 124 Å². The first-order valence-electron chi connectivity index (χ1n) is 7.53. The van der Waals surface area contributed by atoms with Crippen LogP contribution in [0.4, 0.5) is 0 Å². The number of benzene rings is 1. The number of furan rings is 1. The molecule has 1 aromatic heterocycles. The highest BCUT2D eigenvalue weighted by molar-refractivity contribution is 6.34. The van der Waals surface area contributed by atoms with E-state index in [9.17, 15) is 5.11 Å². The summed E-state index contributed by atoms with van der Waals surface area (Å²) in [5.74, 6) is 1.43. The molecule has 1 aliphatic rings. The van der Waals surface area contributed by atoms with Gasteiger partial charge in [0.25, 0.3) is 0 Å². The largest absolute Gasteiger partial charge is 0.456 e. The van der Waals surface area contributed by atoms with Crippen LogP contribution in [0.3, 0.4) is 0 Å². The van der Waals surface area contributed by atoms with Gasteiger partial charge in [-0.05, 0) is 43.7 Å². The van der Waals surface area contributed by atoms with Crippen molar-refractivity contribution in [2.45, 2.75) is 51.0 Å². The van der Waals surface area contributed by atoms with Crippen molar-refractivity contribution in [1.82, 2.24) is 0 Å². The molecule has 0 saturated heterocycles. The Morgan fingerprint density at radius 1 is 1.35 bits per heavy atom. The molecule has 2 nitrogen and oxygen atoms in total. The van der Waals surface area contributed by atoms with Crippen LogP contribution >= 0.6 is 11.6 Å². The van der Waals surface area contributed by atoms with Crippen LogP contribution in [0.5, 0.6) is 0 Å². The first-order chi connectivity index (χ1) is 9.62. The Balaban J connectivity index is 1.85. The second-order valence-electron chi connectivity index (χ2n) is 6.03. The van der Waals surface area contributed by atoms with Gasteiger partial charge in [0, 0.05) is 5.39 Å². The zero-order valence-corrected chi connectivity index (χ0v) is 12.6. The van der Waals surface area contributed by atoms with Crippen LogP contribution in [0.2, 0.25) is 5.02 Å². The highest BCUT2D eigenvalue weighted by Gasteiger charge is 2.37. The second kappa shape index (κ2) is 5.42. The van der Waals surface area contributed by atoms with Gasteiger partial charge in [0.2, 0.25) is 0 Å². The molecule has 1 N–H and O–H groups in total. The highest BCUT2D eigenvalue weighted by atomic mass is 35.5. The maximum Gasteiger partial charge on any atom is 0.153 e. The molecule has 0 atom stereocenters. The van der Waals surface area contributed by atoms with Crippen LogP contribution in [0.15, 0.2) is 28.7 Å². The van der Waals surface area contributed by atoms with E-state index in [0.717, 1.165) is 37.0 Å². The Morgan fingerprint density at radius 2 is 2.10 bits per heavy atom. The van der Waals surface area contributed by atoms with Crippen LogP contribution in [0.25, 0.3) is 11.0 Å². The number of rotatable bonds is 3. The summed E-state index contributed by atoms with van der Waals surface area (Å²) in [6.07, 6.45) is 6.22. The number of aliphatic hydroxyl groups is 1. The van der Waals surface area contributed by atoms with Crippen molar-refractivity contribution < 1.29 is 9.52 Å². The van der Waals surface area contributed by atoms with Gasteiger partial charge < -0.3 is 9.52 Å². The molecule has 1 heterocycles. The summed E-state index contributed by atoms with van der Waals surface area (Å²) in [5.41, 5.74) is -0.125. The number of hydrogen-bond acceptors (Lipinski definition) is 2. The van der Waals surface area contributed by atoms with E-state index in [1.165, 1.54) is 12.8 Å². The van der Waals surface area contributed by atoms with Crippen molar-refractivity contribution in [2.75, 3.05) is 0 Å². The van der Waals surface area contributed by atoms with E-state index < -0.39 is 5.60 Å². The van der Waals surface area contributed by atoms with Gasteiger partial charge in [0.1, 0.15) is 11.4 Å². The van der Waals surface area contributed by atoms with Crippen molar-refractivity contribution >= 4 is 22.6 Å². The summed E-state index contributed by atoms with van der Waals surface area (Å²) in [4.78, 5) is 0. The van der Waals surface area contributed by atoms with Crippen molar-refractivity contribution in [3.05, 3.63) is 35.0 Å². The van der Waals surface area contributed by atoms with Crippen LogP contribution in [0.1, 0.15) is 51.2 Å². The molecule has 3 rings (SSSR count). The molecule has 0 amide bonds. The van der Waals surface area contributed by atoms with E-state index in [-0.39, 0.29) is 0 Å². The van der Waals surface area contributed by atoms with Crippen molar-refractivity contribution in [3.63, 3.8) is 0 Å². The zero-order valence-electron chi connectivity index (χ0n) is 11.9. The maximum absolute atomic E-state index is 10.9. The van der Waals surface area contributed by atoms with Crippen molar-refractivity contribution in [2.24, 2.45) is 5.92 Å². The lowest BCUT2D eigenvalue weighted by atomic mass is 9.76. The number of hydrogen-bond donors (Lipinski definition) is 1. The molecule has 1 aromatic carbocycles. The van der Waals surface area contributed by atoms with Gasteiger partial charge in [0.15, 0.2) is 5.58 Å². The zero-order chi connectivity index (χ0) is 14.2. The molecule has 0 radical (unpaired) electrons. The fourth-order valence-corrected chi connectivity index (χ4v) is 3.58. The Bertz CT molecular complexity index is 594. The lowest BCUT2D eigenvalue weighted by Crippen LogP contribution is -2.31. The molecule has 0 spiro atoms. The van der Waals surface area contributed by atoms with Gasteiger partial charge in [-0.1, -0.05) is 43.5 Å².